The molecule has 0 saturated heterocycles. The number of aliphatic hydroxyl groups excluding tert-OH is 1. The molecule has 0 fully saturated rings. The van der Waals surface area contributed by atoms with Crippen LogP contribution in [0.15, 0.2) is 41.0 Å². The number of ether oxygens (including phenoxy) is 1. The summed E-state index contributed by atoms with van der Waals surface area (Å²) in [6.45, 7) is 1.89. The Morgan fingerprint density at radius 1 is 1.40 bits per heavy atom. The lowest BCUT2D eigenvalue weighted by Gasteiger charge is -2.25. The molecule has 5 heteroatoms. The first kappa shape index (κ1) is 12.7. The Kier molecular flexibility index (Phi) is 3.20. The van der Waals surface area contributed by atoms with Gasteiger partial charge in [0.15, 0.2) is 6.10 Å². The van der Waals surface area contributed by atoms with Gasteiger partial charge in [-0.15, -0.1) is 0 Å². The first-order valence-electron chi connectivity index (χ1n) is 6.52. The van der Waals surface area contributed by atoms with Crippen LogP contribution in [0.1, 0.15) is 30.8 Å². The largest absolute Gasteiger partial charge is 0.478 e. The zero-order chi connectivity index (χ0) is 14.1. The molecular formula is C15H15NO4. The number of aliphatic hydroxyl groups is 1. The van der Waals surface area contributed by atoms with E-state index in [-0.39, 0.29) is 5.91 Å². The van der Waals surface area contributed by atoms with Crippen molar-refractivity contribution in [3.63, 3.8) is 0 Å². The van der Waals surface area contributed by atoms with E-state index in [1.54, 1.807) is 30.3 Å². The average Bonchev–Trinajstić information content (AvgIpc) is 2.99. The van der Waals surface area contributed by atoms with Gasteiger partial charge in [-0.05, 0) is 36.2 Å². The molecule has 0 radical (unpaired) electrons. The molecule has 0 aliphatic carbocycles. The van der Waals surface area contributed by atoms with Crippen molar-refractivity contribution in [1.29, 1.82) is 0 Å². The fourth-order valence-corrected chi connectivity index (χ4v) is 2.22. The first-order valence-corrected chi connectivity index (χ1v) is 6.52. The van der Waals surface area contributed by atoms with Crippen LogP contribution in [0, 0.1) is 0 Å². The van der Waals surface area contributed by atoms with Crippen LogP contribution in [-0.2, 0) is 4.79 Å². The van der Waals surface area contributed by atoms with Gasteiger partial charge in [0.25, 0.3) is 5.91 Å². The molecule has 20 heavy (non-hydrogen) atoms. The van der Waals surface area contributed by atoms with E-state index in [1.165, 1.54) is 6.26 Å². The summed E-state index contributed by atoms with van der Waals surface area (Å²) >= 11 is 0. The van der Waals surface area contributed by atoms with Crippen LogP contribution in [0.3, 0.4) is 0 Å². The Hall–Kier alpha value is -2.27. The third-order valence-corrected chi connectivity index (χ3v) is 3.32. The van der Waals surface area contributed by atoms with Crippen LogP contribution in [0.4, 0.5) is 5.69 Å². The summed E-state index contributed by atoms with van der Waals surface area (Å²) in [5.74, 6) is 0.913. The number of hydrogen-bond donors (Lipinski definition) is 2. The molecule has 0 saturated carbocycles. The third kappa shape index (κ3) is 2.16. The van der Waals surface area contributed by atoms with E-state index in [2.05, 4.69) is 5.32 Å². The van der Waals surface area contributed by atoms with E-state index in [9.17, 15) is 9.90 Å². The summed E-state index contributed by atoms with van der Waals surface area (Å²) < 4.78 is 10.8. The minimum absolute atomic E-state index is 0.162. The zero-order valence-electron chi connectivity index (χ0n) is 11.0. The van der Waals surface area contributed by atoms with Gasteiger partial charge in [0.2, 0.25) is 0 Å². The lowest BCUT2D eigenvalue weighted by molar-refractivity contribution is -0.123. The first-order chi connectivity index (χ1) is 9.69. The van der Waals surface area contributed by atoms with Crippen molar-refractivity contribution in [3.05, 3.63) is 47.9 Å². The van der Waals surface area contributed by atoms with Crippen molar-refractivity contribution in [2.45, 2.75) is 25.6 Å². The van der Waals surface area contributed by atoms with Gasteiger partial charge in [-0.2, -0.15) is 0 Å². The van der Waals surface area contributed by atoms with E-state index >= 15 is 0 Å². The molecule has 3 rings (SSSR count). The summed E-state index contributed by atoms with van der Waals surface area (Å²) in [6, 6.07) is 8.63. The monoisotopic (exact) mass is 273 g/mol. The summed E-state index contributed by atoms with van der Waals surface area (Å²) in [6.07, 6.45) is 0.801. The quantitative estimate of drug-likeness (QED) is 0.901. The van der Waals surface area contributed by atoms with Crippen molar-refractivity contribution < 1.29 is 19.1 Å². The average molecular weight is 273 g/mol. The Morgan fingerprint density at radius 3 is 2.95 bits per heavy atom. The fraction of sp³-hybridized carbons (Fsp3) is 0.267. The second-order valence-electron chi connectivity index (χ2n) is 4.68. The van der Waals surface area contributed by atoms with Gasteiger partial charge in [0.1, 0.15) is 17.6 Å². The number of carbonyl (C=O) groups is 1. The van der Waals surface area contributed by atoms with Gasteiger partial charge in [-0.1, -0.05) is 13.0 Å². The molecule has 1 aromatic carbocycles. The standard InChI is InChI=1S/C15H15NO4/c1-2-11-15(18)16-10-8-9(5-6-12(10)20-11)14(17)13-4-3-7-19-13/h3-8,11,14,17H,2H2,1H3,(H,16,18)/t11-,14-/m0/s1. The van der Waals surface area contributed by atoms with Gasteiger partial charge in [-0.25, -0.2) is 0 Å². The summed E-state index contributed by atoms with van der Waals surface area (Å²) in [5.41, 5.74) is 1.21. The Labute approximate surface area is 116 Å². The minimum atomic E-state index is -0.865. The van der Waals surface area contributed by atoms with E-state index in [4.69, 9.17) is 9.15 Å². The molecule has 5 nitrogen and oxygen atoms in total. The maximum atomic E-state index is 11.8. The Morgan fingerprint density at radius 2 is 2.25 bits per heavy atom. The van der Waals surface area contributed by atoms with Crippen LogP contribution in [0.2, 0.25) is 0 Å². The van der Waals surface area contributed by atoms with Crippen LogP contribution < -0.4 is 10.1 Å². The van der Waals surface area contributed by atoms with Crippen LogP contribution in [-0.4, -0.2) is 17.1 Å². The van der Waals surface area contributed by atoms with Gasteiger partial charge < -0.3 is 19.6 Å². The lowest BCUT2D eigenvalue weighted by atomic mass is 10.0. The van der Waals surface area contributed by atoms with Crippen LogP contribution in [0.25, 0.3) is 0 Å². The topological polar surface area (TPSA) is 71.7 Å². The molecule has 104 valence electrons. The molecule has 2 aromatic rings. The number of nitrogens with one attached hydrogen (secondary N) is 1. The summed E-state index contributed by atoms with van der Waals surface area (Å²) in [7, 11) is 0. The van der Waals surface area contributed by atoms with Crippen molar-refractivity contribution in [2.24, 2.45) is 0 Å². The van der Waals surface area contributed by atoms with Crippen molar-refractivity contribution in [1.82, 2.24) is 0 Å². The van der Waals surface area contributed by atoms with E-state index in [0.717, 1.165) is 0 Å². The number of furan rings is 1. The molecule has 1 amide bonds. The third-order valence-electron chi connectivity index (χ3n) is 3.32. The smallest absolute Gasteiger partial charge is 0.265 e. The zero-order valence-corrected chi connectivity index (χ0v) is 11.0. The highest BCUT2D eigenvalue weighted by Crippen LogP contribution is 2.34. The molecule has 0 bridgehead atoms. The van der Waals surface area contributed by atoms with Crippen LogP contribution in [0.5, 0.6) is 5.75 Å². The Bertz CT molecular complexity index is 621. The fourth-order valence-electron chi connectivity index (χ4n) is 2.22. The number of amides is 1. The number of benzene rings is 1. The molecular weight excluding hydrogens is 258 g/mol. The van der Waals surface area contributed by atoms with Crippen molar-refractivity contribution in [2.75, 3.05) is 5.32 Å². The second-order valence-corrected chi connectivity index (χ2v) is 4.68. The van der Waals surface area contributed by atoms with Gasteiger partial charge in [0, 0.05) is 0 Å². The van der Waals surface area contributed by atoms with Crippen molar-refractivity contribution in [3.8, 4) is 5.75 Å². The molecule has 2 atom stereocenters. The maximum absolute atomic E-state index is 11.8. The summed E-state index contributed by atoms with van der Waals surface area (Å²) in [4.78, 5) is 11.8. The predicted octanol–water partition coefficient (Wildman–Crippen LogP) is 2.47. The van der Waals surface area contributed by atoms with Gasteiger partial charge in [-0.3, -0.25) is 4.79 Å². The van der Waals surface area contributed by atoms with E-state index < -0.39 is 12.2 Å². The van der Waals surface area contributed by atoms with E-state index in [0.29, 0.717) is 29.2 Å². The highest BCUT2D eigenvalue weighted by atomic mass is 16.5. The number of anilines is 1. The summed E-state index contributed by atoms with van der Waals surface area (Å²) in [5, 5.41) is 13.0. The molecule has 2 N–H and O–H groups in total. The molecule has 2 heterocycles. The predicted molar refractivity (Wildman–Crippen MR) is 72.5 cm³/mol. The molecule has 1 aliphatic rings. The SMILES string of the molecule is CC[C@@H]1Oc2ccc([C@H](O)c3ccco3)cc2NC1=O. The molecule has 1 aliphatic heterocycles. The molecule has 0 unspecified atom stereocenters. The normalized spacial score (nSPS) is 18.9. The highest BCUT2D eigenvalue weighted by molar-refractivity contribution is 5.97. The van der Waals surface area contributed by atoms with Crippen LogP contribution >= 0.6 is 0 Å². The number of hydrogen-bond acceptors (Lipinski definition) is 4. The highest BCUT2D eigenvalue weighted by Gasteiger charge is 2.27. The number of rotatable bonds is 3. The number of fused-ring (bicyclic) bond motifs is 1. The second kappa shape index (κ2) is 5.02. The van der Waals surface area contributed by atoms with Crippen molar-refractivity contribution >= 4 is 11.6 Å². The maximum Gasteiger partial charge on any atom is 0.265 e. The minimum Gasteiger partial charge on any atom is -0.478 e. The lowest BCUT2D eigenvalue weighted by Crippen LogP contribution is -2.36. The van der Waals surface area contributed by atoms with Gasteiger partial charge in [0.05, 0.1) is 12.0 Å². The molecule has 1 aromatic heterocycles. The molecule has 0 spiro atoms. The number of carbonyl (C=O) groups excluding carboxylic acids is 1. The Balaban J connectivity index is 1.90. The van der Waals surface area contributed by atoms with E-state index in [1.807, 2.05) is 6.92 Å². The van der Waals surface area contributed by atoms with Gasteiger partial charge >= 0.3 is 0 Å².